The number of benzene rings is 1. The molecule has 0 saturated carbocycles. The molecule has 0 aliphatic carbocycles. The highest BCUT2D eigenvalue weighted by molar-refractivity contribution is 9.11. The smallest absolute Gasteiger partial charge is 0.355 e. The molecule has 0 bridgehead atoms. The maximum Gasteiger partial charge on any atom is 0.355 e. The summed E-state index contributed by atoms with van der Waals surface area (Å²) < 4.78 is 5.25. The number of halogens is 1. The third-order valence-electron chi connectivity index (χ3n) is 4.26. The summed E-state index contributed by atoms with van der Waals surface area (Å²) >= 11 is 3.28. The van der Waals surface area contributed by atoms with Gasteiger partial charge in [-0.15, -0.1) is 0 Å². The van der Waals surface area contributed by atoms with Crippen LogP contribution in [0.4, 0.5) is 0 Å². The van der Waals surface area contributed by atoms with Crippen molar-refractivity contribution >= 4 is 39.6 Å². The van der Waals surface area contributed by atoms with Gasteiger partial charge in [-0.3, -0.25) is 19.3 Å². The Morgan fingerprint density at radius 1 is 1.20 bits per heavy atom. The number of ether oxygens (including phenoxy) is 1. The number of fused-ring (bicyclic) bond motifs is 1. The standard InChI is InChI=1S/C17H15BrN2O5/c1-3-11(18)13(17(24)25-2)19-8-12(16(19)23)20-14(21)9-6-4-5-7-10(9)15(20)22/h4-7,12H,3,8H2,1-2H3. The molecule has 0 N–H and O–H groups in total. The minimum atomic E-state index is -0.913. The number of methoxy groups -OCH3 is 1. The fourth-order valence-corrected chi connectivity index (χ4v) is 3.30. The minimum Gasteiger partial charge on any atom is -0.464 e. The first-order valence-electron chi connectivity index (χ1n) is 7.67. The summed E-state index contributed by atoms with van der Waals surface area (Å²) in [7, 11) is 1.23. The molecule has 1 aromatic carbocycles. The molecule has 1 unspecified atom stereocenters. The van der Waals surface area contributed by atoms with Crippen molar-refractivity contribution in [3.05, 3.63) is 45.6 Å². The number of hydrogen-bond donors (Lipinski definition) is 0. The van der Waals surface area contributed by atoms with Gasteiger partial charge < -0.3 is 9.64 Å². The number of esters is 1. The predicted molar refractivity (Wildman–Crippen MR) is 90.7 cm³/mol. The molecule has 0 radical (unpaired) electrons. The molecule has 1 aromatic rings. The predicted octanol–water partition coefficient (Wildman–Crippen LogP) is 1.68. The summed E-state index contributed by atoms with van der Waals surface area (Å²) in [6.07, 6.45) is 0.492. The molecule has 2 heterocycles. The van der Waals surface area contributed by atoms with Crippen LogP contribution in [0.5, 0.6) is 0 Å². The average molecular weight is 407 g/mol. The lowest BCUT2D eigenvalue weighted by molar-refractivity contribution is -0.150. The molecule has 8 heteroatoms. The Balaban J connectivity index is 1.86. The van der Waals surface area contributed by atoms with E-state index in [0.29, 0.717) is 10.9 Å². The van der Waals surface area contributed by atoms with Crippen LogP contribution in [0.15, 0.2) is 34.4 Å². The van der Waals surface area contributed by atoms with Crippen LogP contribution in [0.3, 0.4) is 0 Å². The van der Waals surface area contributed by atoms with Gasteiger partial charge in [-0.2, -0.15) is 0 Å². The van der Waals surface area contributed by atoms with Gasteiger partial charge in [0.15, 0.2) is 0 Å². The van der Waals surface area contributed by atoms with E-state index in [4.69, 9.17) is 4.74 Å². The molecule has 2 aliphatic heterocycles. The Morgan fingerprint density at radius 2 is 1.76 bits per heavy atom. The number of carbonyl (C=O) groups is 4. The van der Waals surface area contributed by atoms with E-state index in [1.165, 1.54) is 12.0 Å². The first-order valence-corrected chi connectivity index (χ1v) is 8.46. The Morgan fingerprint density at radius 3 is 2.20 bits per heavy atom. The normalized spacial score (nSPS) is 20.3. The number of amides is 3. The topological polar surface area (TPSA) is 84.0 Å². The van der Waals surface area contributed by atoms with Crippen LogP contribution in [0.25, 0.3) is 0 Å². The van der Waals surface area contributed by atoms with Crippen LogP contribution in [0.2, 0.25) is 0 Å². The molecule has 1 fully saturated rings. The van der Waals surface area contributed by atoms with Crippen molar-refractivity contribution in [3.63, 3.8) is 0 Å². The average Bonchev–Trinajstić information content (AvgIpc) is 2.88. The first kappa shape index (κ1) is 17.3. The molecule has 2 aliphatic rings. The highest BCUT2D eigenvalue weighted by Crippen LogP contribution is 2.32. The number of allylic oxidation sites excluding steroid dienone is 1. The third-order valence-corrected chi connectivity index (χ3v) is 5.20. The first-order chi connectivity index (χ1) is 11.9. The molecule has 1 atom stereocenters. The van der Waals surface area contributed by atoms with Gasteiger partial charge in [0.2, 0.25) is 0 Å². The van der Waals surface area contributed by atoms with Crippen molar-refractivity contribution in [1.29, 1.82) is 0 Å². The van der Waals surface area contributed by atoms with Gasteiger partial charge in [0.05, 0.1) is 24.8 Å². The van der Waals surface area contributed by atoms with Crippen molar-refractivity contribution < 1.29 is 23.9 Å². The molecule has 25 heavy (non-hydrogen) atoms. The lowest BCUT2D eigenvalue weighted by atomic mass is 10.0. The Labute approximate surface area is 152 Å². The second-order valence-corrected chi connectivity index (χ2v) is 6.55. The zero-order valence-corrected chi connectivity index (χ0v) is 15.2. The molecule has 130 valence electrons. The molecule has 7 nitrogen and oxygen atoms in total. The zero-order chi connectivity index (χ0) is 18.3. The fourth-order valence-electron chi connectivity index (χ4n) is 2.92. The van der Waals surface area contributed by atoms with E-state index < -0.39 is 29.7 Å². The van der Waals surface area contributed by atoms with Crippen LogP contribution in [0.1, 0.15) is 34.1 Å². The monoisotopic (exact) mass is 406 g/mol. The lowest BCUT2D eigenvalue weighted by Gasteiger charge is -2.42. The summed E-state index contributed by atoms with van der Waals surface area (Å²) in [5.74, 6) is -2.11. The molecular weight excluding hydrogens is 392 g/mol. The third kappa shape index (κ3) is 2.57. The molecule has 0 aromatic heterocycles. The van der Waals surface area contributed by atoms with Gasteiger partial charge in [0.1, 0.15) is 11.7 Å². The number of nitrogens with zero attached hydrogens (tertiary/aromatic N) is 2. The number of β-lactam (4-membered cyclic amide) rings is 1. The van der Waals surface area contributed by atoms with Crippen molar-refractivity contribution in [1.82, 2.24) is 9.80 Å². The molecule has 1 saturated heterocycles. The summed E-state index contributed by atoms with van der Waals surface area (Å²) in [4.78, 5) is 51.7. The van der Waals surface area contributed by atoms with Crippen molar-refractivity contribution in [2.75, 3.05) is 13.7 Å². The zero-order valence-electron chi connectivity index (χ0n) is 13.6. The quantitative estimate of drug-likeness (QED) is 0.328. The van der Waals surface area contributed by atoms with Gasteiger partial charge in [-0.05, 0) is 18.6 Å². The Hall–Kier alpha value is -2.48. The largest absolute Gasteiger partial charge is 0.464 e. The number of likely N-dealkylation sites (tertiary alicyclic amines) is 1. The van der Waals surface area contributed by atoms with Crippen LogP contribution in [-0.2, 0) is 14.3 Å². The molecular formula is C17H15BrN2O5. The van der Waals surface area contributed by atoms with Gasteiger partial charge in [0, 0.05) is 4.48 Å². The van der Waals surface area contributed by atoms with Crippen LogP contribution in [0, 0.1) is 0 Å². The number of imide groups is 1. The summed E-state index contributed by atoms with van der Waals surface area (Å²) in [5.41, 5.74) is 0.678. The maximum atomic E-state index is 12.6. The Kier molecular flexibility index (Phi) is 4.47. The summed E-state index contributed by atoms with van der Waals surface area (Å²) in [5, 5.41) is 0. The summed E-state index contributed by atoms with van der Waals surface area (Å²) in [6.45, 7) is 1.88. The summed E-state index contributed by atoms with van der Waals surface area (Å²) in [6, 6.07) is 5.54. The van der Waals surface area contributed by atoms with E-state index in [1.807, 2.05) is 6.92 Å². The second kappa shape index (κ2) is 6.44. The number of hydrogen-bond acceptors (Lipinski definition) is 5. The van der Waals surface area contributed by atoms with E-state index >= 15 is 0 Å². The Bertz CT molecular complexity index is 797. The SMILES string of the molecule is CCC(Br)=C(C(=O)OC)N1CC(N2C(=O)c3ccccc3C2=O)C1=O. The minimum absolute atomic E-state index is 0.0594. The van der Waals surface area contributed by atoms with Gasteiger partial charge in [-0.1, -0.05) is 35.0 Å². The van der Waals surface area contributed by atoms with Crippen molar-refractivity contribution in [3.8, 4) is 0 Å². The van der Waals surface area contributed by atoms with Gasteiger partial charge in [0.25, 0.3) is 17.7 Å². The highest BCUT2D eigenvalue weighted by Gasteiger charge is 2.51. The number of carbonyl (C=O) groups excluding carboxylic acids is 4. The lowest BCUT2D eigenvalue weighted by Crippen LogP contribution is -2.65. The highest BCUT2D eigenvalue weighted by atomic mass is 79.9. The van der Waals surface area contributed by atoms with E-state index in [9.17, 15) is 19.2 Å². The van der Waals surface area contributed by atoms with Crippen LogP contribution < -0.4 is 0 Å². The second-order valence-electron chi connectivity index (χ2n) is 5.59. The van der Waals surface area contributed by atoms with E-state index in [2.05, 4.69) is 15.9 Å². The van der Waals surface area contributed by atoms with E-state index in [1.54, 1.807) is 24.3 Å². The fraction of sp³-hybridized carbons (Fsp3) is 0.294. The van der Waals surface area contributed by atoms with Crippen molar-refractivity contribution in [2.45, 2.75) is 19.4 Å². The van der Waals surface area contributed by atoms with Gasteiger partial charge >= 0.3 is 5.97 Å². The number of rotatable bonds is 4. The van der Waals surface area contributed by atoms with Crippen LogP contribution >= 0.6 is 15.9 Å². The molecule has 3 amide bonds. The molecule has 0 spiro atoms. The van der Waals surface area contributed by atoms with E-state index in [-0.39, 0.29) is 23.4 Å². The van der Waals surface area contributed by atoms with E-state index in [0.717, 1.165) is 4.90 Å². The molecule has 3 rings (SSSR count). The maximum absolute atomic E-state index is 12.6. The van der Waals surface area contributed by atoms with Gasteiger partial charge in [-0.25, -0.2) is 4.79 Å². The van der Waals surface area contributed by atoms with Crippen molar-refractivity contribution in [2.24, 2.45) is 0 Å². The van der Waals surface area contributed by atoms with Crippen LogP contribution in [-0.4, -0.2) is 53.2 Å².